The Balaban J connectivity index is -0.0000000795. The van der Waals surface area contributed by atoms with Crippen LogP contribution in [0.25, 0.3) is 0 Å². The van der Waals surface area contributed by atoms with Crippen molar-refractivity contribution >= 4 is 0 Å². The monoisotopic (exact) mass is 444 g/mol. The Morgan fingerprint density at radius 3 is 1.00 bits per heavy atom. The molecule has 0 heterocycles. The number of aliphatic hydroxyl groups excluding tert-OH is 2. The third-order valence-corrected chi connectivity index (χ3v) is 2.99. The van der Waals surface area contributed by atoms with Crippen molar-refractivity contribution in [2.24, 2.45) is 0 Å². The van der Waals surface area contributed by atoms with Gasteiger partial charge in [0, 0.05) is 0 Å². The molecular weight excluding hydrogens is 384 g/mol. The fourth-order valence-electron chi connectivity index (χ4n) is 1.90. The molecule has 0 fully saturated rings. The smallest absolute Gasteiger partial charge is 0.0662 e. The van der Waals surface area contributed by atoms with Crippen molar-refractivity contribution in [1.82, 2.24) is 0 Å². The molecule has 0 aromatic rings. The second-order valence-electron chi connectivity index (χ2n) is 6.83. The predicted octanol–water partition coefficient (Wildman–Crippen LogP) is 8.68. The Hall–Kier alpha value is -1.16. The van der Waals surface area contributed by atoms with Gasteiger partial charge in [-0.25, -0.2) is 0 Å². The number of hydrogen-bond acceptors (Lipinski definition) is 3. The zero-order chi connectivity index (χ0) is 25.8. The minimum absolute atomic E-state index is 0.125. The van der Waals surface area contributed by atoms with E-state index in [-0.39, 0.29) is 13.2 Å². The zero-order valence-corrected chi connectivity index (χ0v) is 22.7. The Morgan fingerprint density at radius 1 is 0.613 bits per heavy atom. The van der Waals surface area contributed by atoms with E-state index in [1.54, 1.807) is 24.3 Å². The summed E-state index contributed by atoms with van der Waals surface area (Å²) in [6.45, 7) is 29.7. The lowest BCUT2D eigenvalue weighted by Gasteiger charge is -2.19. The second-order valence-corrected chi connectivity index (χ2v) is 6.83. The van der Waals surface area contributed by atoms with Gasteiger partial charge in [-0.1, -0.05) is 76.7 Å². The van der Waals surface area contributed by atoms with Crippen molar-refractivity contribution in [2.45, 2.75) is 119 Å². The van der Waals surface area contributed by atoms with Gasteiger partial charge in [-0.3, -0.25) is 0 Å². The van der Waals surface area contributed by atoms with Crippen molar-refractivity contribution in [2.75, 3.05) is 13.2 Å². The topological polar surface area (TPSA) is 49.7 Å². The van der Waals surface area contributed by atoms with Gasteiger partial charge in [-0.05, 0) is 54.4 Å². The molecular formula is C28H60O3. The maximum atomic E-state index is 7.62. The highest BCUT2D eigenvalue weighted by Crippen LogP contribution is 2.12. The summed E-state index contributed by atoms with van der Waals surface area (Å²) in [4.78, 5) is 0. The molecule has 0 radical (unpaired) electrons. The predicted molar refractivity (Wildman–Crippen MR) is 146 cm³/mol. The van der Waals surface area contributed by atoms with Crippen molar-refractivity contribution in [1.29, 1.82) is 0 Å². The largest absolute Gasteiger partial charge is 0.394 e. The number of allylic oxidation sites excluding steroid dienone is 4. The lowest BCUT2D eigenvalue weighted by Crippen LogP contribution is -2.17. The van der Waals surface area contributed by atoms with Crippen LogP contribution in [0.3, 0.4) is 0 Å². The van der Waals surface area contributed by atoms with Crippen molar-refractivity contribution in [3.8, 4) is 0 Å². The molecule has 3 nitrogen and oxygen atoms in total. The molecule has 2 unspecified atom stereocenters. The van der Waals surface area contributed by atoms with Gasteiger partial charge < -0.3 is 14.9 Å². The van der Waals surface area contributed by atoms with Crippen molar-refractivity contribution < 1.29 is 14.9 Å². The Morgan fingerprint density at radius 2 is 0.839 bits per heavy atom. The van der Waals surface area contributed by atoms with Gasteiger partial charge in [-0.15, -0.1) is 26.3 Å². The van der Waals surface area contributed by atoms with Gasteiger partial charge in [0.15, 0.2) is 0 Å². The van der Waals surface area contributed by atoms with Gasteiger partial charge >= 0.3 is 0 Å². The summed E-state index contributed by atoms with van der Waals surface area (Å²) >= 11 is 0. The number of rotatable bonds is 11. The van der Waals surface area contributed by atoms with Crippen LogP contribution in [0, 0.1) is 0 Å². The average molecular weight is 445 g/mol. The van der Waals surface area contributed by atoms with Crippen LogP contribution in [-0.4, -0.2) is 35.6 Å². The molecule has 0 aromatic carbocycles. The molecule has 0 bridgehead atoms. The van der Waals surface area contributed by atoms with E-state index in [1.807, 2.05) is 27.7 Å². The molecule has 190 valence electrons. The molecule has 0 spiro atoms. The Bertz CT molecular complexity index is 248. The fraction of sp³-hybridized carbons (Fsp3) is 0.714. The highest BCUT2D eigenvalue weighted by atomic mass is 16.5. The van der Waals surface area contributed by atoms with Gasteiger partial charge in [0.25, 0.3) is 0 Å². The SMILES string of the molecule is C=CC.C=CC.C=CC.C=CC.CCCCCC(C)OC(C)CCCCC.OCCO. The van der Waals surface area contributed by atoms with E-state index < -0.39 is 0 Å². The maximum absolute atomic E-state index is 7.62. The van der Waals surface area contributed by atoms with Crippen molar-refractivity contribution in [3.05, 3.63) is 50.6 Å². The molecule has 0 aliphatic rings. The van der Waals surface area contributed by atoms with E-state index in [0.717, 1.165) is 0 Å². The summed E-state index contributed by atoms with van der Waals surface area (Å²) in [5.74, 6) is 0. The molecule has 0 aromatic heterocycles. The first-order chi connectivity index (χ1) is 14.8. The second kappa shape index (κ2) is 56.8. The number of ether oxygens (including phenoxy) is 1. The van der Waals surface area contributed by atoms with E-state index in [2.05, 4.69) is 54.0 Å². The van der Waals surface area contributed by atoms with Gasteiger partial charge in [0.05, 0.1) is 25.4 Å². The minimum atomic E-state index is -0.125. The lowest BCUT2D eigenvalue weighted by molar-refractivity contribution is -0.00220. The molecule has 2 atom stereocenters. The van der Waals surface area contributed by atoms with Crippen LogP contribution in [-0.2, 0) is 4.74 Å². The Kier molecular flexibility index (Phi) is 80.0. The first kappa shape index (κ1) is 43.7. The minimum Gasteiger partial charge on any atom is -0.394 e. The lowest BCUT2D eigenvalue weighted by atomic mass is 10.1. The first-order valence-corrected chi connectivity index (χ1v) is 11.9. The maximum Gasteiger partial charge on any atom is 0.0662 e. The molecule has 0 amide bonds. The average Bonchev–Trinajstić information content (AvgIpc) is 2.71. The third-order valence-electron chi connectivity index (χ3n) is 2.99. The van der Waals surface area contributed by atoms with Crippen molar-refractivity contribution in [3.63, 3.8) is 0 Å². The van der Waals surface area contributed by atoms with Crippen LogP contribution in [0.2, 0.25) is 0 Å². The molecule has 0 saturated carbocycles. The molecule has 0 saturated heterocycles. The summed E-state index contributed by atoms with van der Waals surface area (Å²) in [5.41, 5.74) is 0. The number of hydrogen-bond donors (Lipinski definition) is 2. The van der Waals surface area contributed by atoms with E-state index in [4.69, 9.17) is 14.9 Å². The van der Waals surface area contributed by atoms with E-state index in [9.17, 15) is 0 Å². The number of aliphatic hydroxyl groups is 2. The molecule has 0 aliphatic heterocycles. The molecule has 2 N–H and O–H groups in total. The van der Waals surface area contributed by atoms with Gasteiger partial charge in [-0.2, -0.15) is 0 Å². The van der Waals surface area contributed by atoms with Crippen LogP contribution in [0.1, 0.15) is 107 Å². The third kappa shape index (κ3) is 108. The first-order valence-electron chi connectivity index (χ1n) is 11.9. The summed E-state index contributed by atoms with van der Waals surface area (Å²) in [6, 6.07) is 0. The summed E-state index contributed by atoms with van der Waals surface area (Å²) in [5, 5.41) is 15.2. The van der Waals surface area contributed by atoms with Gasteiger partial charge in [0.1, 0.15) is 0 Å². The molecule has 31 heavy (non-hydrogen) atoms. The van der Waals surface area contributed by atoms with E-state index in [1.165, 1.54) is 51.4 Å². The quantitative estimate of drug-likeness (QED) is 0.247. The van der Waals surface area contributed by atoms with Crippen LogP contribution in [0.4, 0.5) is 0 Å². The normalized spacial score (nSPS) is 10.0. The summed E-state index contributed by atoms with van der Waals surface area (Å²) in [6.07, 6.45) is 18.3. The van der Waals surface area contributed by atoms with Crippen LogP contribution in [0.5, 0.6) is 0 Å². The highest BCUT2D eigenvalue weighted by Gasteiger charge is 2.07. The Labute approximate surface area is 198 Å². The zero-order valence-electron chi connectivity index (χ0n) is 22.7. The van der Waals surface area contributed by atoms with E-state index in [0.29, 0.717) is 12.2 Å². The molecule has 0 aliphatic carbocycles. The fourth-order valence-corrected chi connectivity index (χ4v) is 1.90. The standard InChI is InChI=1S/C14H30O.4C3H6.C2H6O2/c1-5-7-9-11-13(3)15-14(4)12-10-8-6-2;4*1-3-2;3-1-2-4/h13-14H,5-12H2,1-4H3;4*3H,1H2,2H3;3-4H,1-2H2. The molecule has 3 heteroatoms. The van der Waals surface area contributed by atoms with Gasteiger partial charge in [0.2, 0.25) is 0 Å². The highest BCUT2D eigenvalue weighted by molar-refractivity contribution is 4.57. The summed E-state index contributed by atoms with van der Waals surface area (Å²) < 4.78 is 5.94. The summed E-state index contributed by atoms with van der Waals surface area (Å²) in [7, 11) is 0. The van der Waals surface area contributed by atoms with Crippen LogP contribution < -0.4 is 0 Å². The van der Waals surface area contributed by atoms with E-state index >= 15 is 0 Å². The number of unbranched alkanes of at least 4 members (excludes halogenated alkanes) is 4. The molecule has 0 rings (SSSR count). The van der Waals surface area contributed by atoms with Crippen LogP contribution >= 0.6 is 0 Å². The van der Waals surface area contributed by atoms with Crippen LogP contribution in [0.15, 0.2) is 50.6 Å².